The van der Waals surface area contributed by atoms with Crippen LogP contribution in [0, 0.1) is 5.82 Å². The zero-order valence-electron chi connectivity index (χ0n) is 18.8. The van der Waals surface area contributed by atoms with Gasteiger partial charge in [0.2, 0.25) is 5.43 Å². The van der Waals surface area contributed by atoms with E-state index in [0.717, 1.165) is 6.07 Å². The number of halogens is 1. The lowest BCUT2D eigenvalue weighted by Gasteiger charge is -2.41. The van der Waals surface area contributed by atoms with Crippen LogP contribution in [0.1, 0.15) is 23.3 Å². The second-order valence-corrected chi connectivity index (χ2v) is 12.8. The van der Waals surface area contributed by atoms with E-state index in [1.54, 1.807) is 11.5 Å². The topological polar surface area (TPSA) is 210 Å². The van der Waals surface area contributed by atoms with E-state index in [9.17, 15) is 48.5 Å². The van der Waals surface area contributed by atoms with Crippen molar-refractivity contribution in [3.05, 3.63) is 33.9 Å². The molecule has 6 N–H and O–H groups in total. The summed E-state index contributed by atoms with van der Waals surface area (Å²) in [5.41, 5.74) is -1.16. The fourth-order valence-electron chi connectivity index (χ4n) is 4.44. The van der Waals surface area contributed by atoms with Gasteiger partial charge < -0.3 is 44.0 Å². The number of carbonyl (C=O) groups is 1. The Morgan fingerprint density at radius 1 is 1.17 bits per heavy atom. The number of anilines is 1. The Morgan fingerprint density at radius 2 is 1.75 bits per heavy atom. The molecule has 36 heavy (non-hydrogen) atoms. The van der Waals surface area contributed by atoms with E-state index in [2.05, 4.69) is 0 Å². The number of aromatic carboxylic acids is 1. The molecule has 14 nitrogen and oxygen atoms in total. The molecule has 0 amide bonds. The highest BCUT2D eigenvalue weighted by Gasteiger charge is 2.60. The highest BCUT2D eigenvalue weighted by Crippen LogP contribution is 2.67. The molecule has 0 spiro atoms. The molecular formula is C19H24FN3O11P2. The van der Waals surface area contributed by atoms with E-state index in [1.165, 1.54) is 16.0 Å². The van der Waals surface area contributed by atoms with E-state index < -0.39 is 49.6 Å². The lowest BCUT2D eigenvalue weighted by molar-refractivity contribution is 0.0694. The summed E-state index contributed by atoms with van der Waals surface area (Å²) in [5, 5.41) is 15.8. The van der Waals surface area contributed by atoms with Crippen LogP contribution in [-0.2, 0) is 9.13 Å². The Labute approximate surface area is 202 Å². The van der Waals surface area contributed by atoms with Crippen molar-refractivity contribution in [3.63, 3.8) is 0 Å². The molecule has 1 saturated heterocycles. The Kier molecular flexibility index (Phi) is 6.60. The summed E-state index contributed by atoms with van der Waals surface area (Å²) >= 11 is 0. The highest BCUT2D eigenvalue weighted by atomic mass is 31.2. The van der Waals surface area contributed by atoms with Crippen molar-refractivity contribution in [2.75, 3.05) is 44.2 Å². The molecule has 3 heterocycles. The molecule has 0 saturated carbocycles. The molecule has 0 radical (unpaired) electrons. The minimum atomic E-state index is -5.63. The van der Waals surface area contributed by atoms with E-state index in [0.29, 0.717) is 0 Å². The summed E-state index contributed by atoms with van der Waals surface area (Å²) < 4.78 is 45.9. The summed E-state index contributed by atoms with van der Waals surface area (Å²) in [4.78, 5) is 64.5. The summed E-state index contributed by atoms with van der Waals surface area (Å²) in [6, 6.07) is 0.583. The van der Waals surface area contributed by atoms with Gasteiger partial charge in [-0.3, -0.25) is 18.8 Å². The first-order valence-corrected chi connectivity index (χ1v) is 13.9. The Bertz CT molecular complexity index is 1370. The van der Waals surface area contributed by atoms with Gasteiger partial charge in [-0.2, -0.15) is 0 Å². The van der Waals surface area contributed by atoms with E-state index >= 15 is 4.39 Å². The molecule has 4 rings (SSSR count). The third-order valence-corrected chi connectivity index (χ3v) is 10.1. The summed E-state index contributed by atoms with van der Waals surface area (Å²) in [6.07, 6.45) is 1.19. The molecule has 2 aliphatic heterocycles. The first kappa shape index (κ1) is 26.7. The maximum Gasteiger partial charge on any atom is 0.370 e. The van der Waals surface area contributed by atoms with Crippen molar-refractivity contribution in [2.45, 2.75) is 18.0 Å². The predicted octanol–water partition coefficient (Wildman–Crippen LogP) is -0.0843. The van der Waals surface area contributed by atoms with E-state index in [1.807, 2.05) is 0 Å². The second kappa shape index (κ2) is 8.89. The molecule has 0 aliphatic carbocycles. The van der Waals surface area contributed by atoms with Crippen LogP contribution in [0.4, 0.5) is 10.1 Å². The summed E-state index contributed by atoms with van der Waals surface area (Å²) in [7, 11) is -11.3. The molecule has 0 bridgehead atoms. The molecule has 2 aromatic rings. The van der Waals surface area contributed by atoms with Crippen LogP contribution in [0.15, 0.2) is 17.1 Å². The molecule has 1 atom stereocenters. The zero-order chi connectivity index (χ0) is 26.8. The predicted molar refractivity (Wildman–Crippen MR) is 123 cm³/mol. The number of nitrogens with zero attached hydrogens (tertiary/aromatic N) is 3. The van der Waals surface area contributed by atoms with Gasteiger partial charge in [-0.15, -0.1) is 0 Å². The number of aliphatic hydroxyl groups is 1. The van der Waals surface area contributed by atoms with Gasteiger partial charge in [0, 0.05) is 32.4 Å². The number of ether oxygens (including phenoxy) is 1. The van der Waals surface area contributed by atoms with Crippen molar-refractivity contribution in [3.8, 4) is 5.75 Å². The molecule has 17 heteroatoms. The zero-order valence-corrected chi connectivity index (χ0v) is 20.6. The van der Waals surface area contributed by atoms with Crippen LogP contribution < -0.4 is 15.1 Å². The monoisotopic (exact) mass is 551 g/mol. The Balaban J connectivity index is 1.69. The molecule has 198 valence electrons. The lowest BCUT2D eigenvalue weighted by atomic mass is 10.1. The Morgan fingerprint density at radius 3 is 2.28 bits per heavy atom. The van der Waals surface area contributed by atoms with Crippen molar-refractivity contribution in [2.24, 2.45) is 0 Å². The van der Waals surface area contributed by atoms with E-state index in [-0.39, 0.29) is 61.2 Å². The second-order valence-electron chi connectivity index (χ2n) is 8.80. The van der Waals surface area contributed by atoms with E-state index in [4.69, 9.17) is 4.74 Å². The standard InChI is InChI=1S/C19H24FN3O11P2/c1-10-8-34-17-14-11(16(24)12(18(25)26)7-23(10)14)6-13(20)15(17)22-4-2-21(3-5-22)9-19(27,35(28,29)30)36(31,32)33/h6-7,10,27H,2-5,8-9H2,1H3,(H,25,26)(H2,28,29,30)(H2,31,32,33). The fourth-order valence-corrected chi connectivity index (χ4v) is 6.57. The molecular weight excluding hydrogens is 527 g/mol. The Hall–Kier alpha value is -2.35. The number of aromatic nitrogens is 1. The number of carboxylic acids is 1. The quantitative estimate of drug-likeness (QED) is 0.260. The summed E-state index contributed by atoms with van der Waals surface area (Å²) in [6.45, 7) is 0.713. The number of β-amino-alcohol motifs (C(OH)–C–C–N with tert-alkyl or cyclic N) is 1. The molecule has 2 aliphatic rings. The van der Waals surface area contributed by atoms with Crippen LogP contribution in [0.2, 0.25) is 0 Å². The SMILES string of the molecule is CC1COc2c(N3CCN(CC(O)(P(=O)(O)O)P(=O)(O)O)CC3)c(F)cc3c(=O)c(C(=O)O)cn1c23. The van der Waals surface area contributed by atoms with Gasteiger partial charge in [0.1, 0.15) is 17.9 Å². The number of pyridine rings is 1. The third-order valence-electron chi connectivity index (χ3n) is 6.43. The van der Waals surface area contributed by atoms with Gasteiger partial charge in [-0.25, -0.2) is 9.18 Å². The van der Waals surface area contributed by atoms with Crippen LogP contribution in [-0.4, -0.2) is 89.6 Å². The van der Waals surface area contributed by atoms with Crippen molar-refractivity contribution in [1.82, 2.24) is 9.47 Å². The van der Waals surface area contributed by atoms with Crippen LogP contribution in [0.25, 0.3) is 10.9 Å². The minimum Gasteiger partial charge on any atom is -0.487 e. The number of hydrogen-bond donors (Lipinski definition) is 6. The third kappa shape index (κ3) is 4.25. The van der Waals surface area contributed by atoms with Gasteiger partial charge in [-0.05, 0) is 13.0 Å². The van der Waals surface area contributed by atoms with Crippen molar-refractivity contribution < 1.29 is 52.8 Å². The molecule has 1 fully saturated rings. The number of carboxylic acid groups (broad SMARTS) is 1. The lowest BCUT2D eigenvalue weighted by Crippen LogP contribution is -2.52. The highest BCUT2D eigenvalue weighted by molar-refractivity contribution is 7.72. The van der Waals surface area contributed by atoms with Crippen LogP contribution in [0.5, 0.6) is 5.75 Å². The smallest absolute Gasteiger partial charge is 0.370 e. The first-order chi connectivity index (χ1) is 16.6. The van der Waals surface area contributed by atoms with Crippen LogP contribution >= 0.6 is 15.2 Å². The van der Waals surface area contributed by atoms with Gasteiger partial charge in [0.25, 0.3) is 5.08 Å². The van der Waals surface area contributed by atoms with Gasteiger partial charge in [0.05, 0.1) is 23.5 Å². The summed E-state index contributed by atoms with van der Waals surface area (Å²) in [5.74, 6) is -2.27. The van der Waals surface area contributed by atoms with Crippen molar-refractivity contribution in [1.29, 1.82) is 0 Å². The number of benzene rings is 1. The number of rotatable bonds is 6. The molecule has 1 aromatic heterocycles. The average molecular weight is 551 g/mol. The van der Waals surface area contributed by atoms with Gasteiger partial charge in [0.15, 0.2) is 11.6 Å². The first-order valence-electron chi connectivity index (χ1n) is 10.6. The minimum absolute atomic E-state index is 0.00878. The average Bonchev–Trinajstić information content (AvgIpc) is 2.76. The normalized spacial score (nSPS) is 19.4. The number of hydrogen-bond acceptors (Lipinski definition) is 8. The largest absolute Gasteiger partial charge is 0.487 e. The number of piperazine rings is 1. The van der Waals surface area contributed by atoms with Crippen molar-refractivity contribution >= 4 is 37.8 Å². The maximum atomic E-state index is 15.3. The van der Waals surface area contributed by atoms with Crippen LogP contribution in [0.3, 0.4) is 0 Å². The fraction of sp³-hybridized carbons (Fsp3) is 0.474. The molecule has 1 aromatic carbocycles. The van der Waals surface area contributed by atoms with Gasteiger partial charge in [-0.1, -0.05) is 0 Å². The molecule has 1 unspecified atom stereocenters. The van der Waals surface area contributed by atoms with Gasteiger partial charge >= 0.3 is 21.2 Å². The maximum absolute atomic E-state index is 15.3.